The van der Waals surface area contributed by atoms with Crippen molar-refractivity contribution in [3.8, 4) is 17.5 Å². The van der Waals surface area contributed by atoms with Crippen molar-refractivity contribution in [1.82, 2.24) is 9.97 Å². The van der Waals surface area contributed by atoms with E-state index in [1.54, 1.807) is 26.8 Å². The molecule has 30 heavy (non-hydrogen) atoms. The second kappa shape index (κ2) is 8.62. The molecule has 0 amide bonds. The predicted octanol–water partition coefficient (Wildman–Crippen LogP) is 4.36. The molecule has 0 saturated heterocycles. The Labute approximate surface area is 172 Å². The predicted molar refractivity (Wildman–Crippen MR) is 106 cm³/mol. The highest BCUT2D eigenvalue weighted by molar-refractivity contribution is 7.92. The summed E-state index contributed by atoms with van der Waals surface area (Å²) >= 11 is 0. The van der Waals surface area contributed by atoms with Gasteiger partial charge in [-0.05, 0) is 51.1 Å². The summed E-state index contributed by atoms with van der Waals surface area (Å²) in [5.74, 6) is -1.48. The average Bonchev–Trinajstić information content (AvgIpc) is 2.68. The van der Waals surface area contributed by atoms with E-state index in [4.69, 9.17) is 9.47 Å². The van der Waals surface area contributed by atoms with Crippen LogP contribution in [0.25, 0.3) is 0 Å². The Morgan fingerprint density at radius 1 is 0.967 bits per heavy atom. The van der Waals surface area contributed by atoms with Gasteiger partial charge in [0.05, 0.1) is 28.6 Å². The van der Waals surface area contributed by atoms with Crippen LogP contribution >= 0.6 is 0 Å². The zero-order chi connectivity index (χ0) is 21.9. The van der Waals surface area contributed by atoms with E-state index in [1.807, 2.05) is 0 Å². The van der Waals surface area contributed by atoms with Gasteiger partial charge in [-0.15, -0.1) is 0 Å². The van der Waals surface area contributed by atoms with Crippen LogP contribution in [0, 0.1) is 25.5 Å². The number of hydrogen-bond donors (Lipinski definition) is 1. The Morgan fingerprint density at radius 3 is 2.23 bits per heavy atom. The van der Waals surface area contributed by atoms with Gasteiger partial charge in [0, 0.05) is 0 Å². The van der Waals surface area contributed by atoms with Gasteiger partial charge in [-0.3, -0.25) is 4.72 Å². The van der Waals surface area contributed by atoms with Crippen molar-refractivity contribution in [3.63, 3.8) is 0 Å². The van der Waals surface area contributed by atoms with E-state index in [1.165, 1.54) is 30.3 Å². The number of ether oxygens (including phenoxy) is 2. The van der Waals surface area contributed by atoms with Crippen molar-refractivity contribution in [2.24, 2.45) is 0 Å². The van der Waals surface area contributed by atoms with Gasteiger partial charge in [-0.2, -0.15) is 9.97 Å². The zero-order valence-electron chi connectivity index (χ0n) is 16.4. The van der Waals surface area contributed by atoms with Gasteiger partial charge in [0.15, 0.2) is 23.1 Å². The summed E-state index contributed by atoms with van der Waals surface area (Å²) in [4.78, 5) is 7.88. The first-order chi connectivity index (χ1) is 14.2. The molecule has 0 aliphatic rings. The molecule has 158 valence electrons. The van der Waals surface area contributed by atoms with Gasteiger partial charge >= 0.3 is 6.01 Å². The molecule has 0 aliphatic carbocycles. The molecule has 0 saturated carbocycles. The Bertz CT molecular complexity index is 1160. The number of anilines is 1. The number of aromatic nitrogens is 2. The maximum atomic E-state index is 14.1. The van der Waals surface area contributed by atoms with E-state index in [0.717, 1.165) is 6.07 Å². The van der Waals surface area contributed by atoms with E-state index in [0.29, 0.717) is 0 Å². The van der Waals surface area contributed by atoms with Gasteiger partial charge < -0.3 is 9.47 Å². The number of nitrogens with zero attached hydrogens (tertiary/aromatic N) is 2. The summed E-state index contributed by atoms with van der Waals surface area (Å²) in [6.45, 7) is 5.02. The monoisotopic (exact) mass is 435 g/mol. The number of hydrogen-bond acceptors (Lipinski definition) is 6. The number of para-hydroxylation sites is 1. The van der Waals surface area contributed by atoms with Crippen molar-refractivity contribution in [3.05, 3.63) is 65.5 Å². The first-order valence-corrected chi connectivity index (χ1v) is 10.4. The van der Waals surface area contributed by atoms with E-state index in [-0.39, 0.29) is 46.1 Å². The lowest BCUT2D eigenvalue weighted by molar-refractivity contribution is 0.321. The van der Waals surface area contributed by atoms with Crippen LogP contribution in [0.5, 0.6) is 17.5 Å². The number of sulfonamides is 1. The van der Waals surface area contributed by atoms with Crippen LogP contribution < -0.4 is 14.2 Å². The molecule has 0 radical (unpaired) electrons. The highest BCUT2D eigenvalue weighted by Crippen LogP contribution is 2.28. The van der Waals surface area contributed by atoms with Crippen LogP contribution in [0.1, 0.15) is 18.3 Å². The SMILES string of the molecule is CCOc1ccc(S(=O)(=O)Nc2c(C)nc(Oc3ccccc3F)nc2C)cc1F. The molecule has 3 aromatic rings. The summed E-state index contributed by atoms with van der Waals surface area (Å²) in [5, 5.41) is 0. The summed E-state index contributed by atoms with van der Waals surface area (Å²) in [6.07, 6.45) is 0. The van der Waals surface area contributed by atoms with Gasteiger partial charge in [0.2, 0.25) is 0 Å². The summed E-state index contributed by atoms with van der Waals surface area (Å²) in [5.41, 5.74) is 0.623. The molecule has 1 heterocycles. The van der Waals surface area contributed by atoms with Crippen molar-refractivity contribution >= 4 is 15.7 Å². The van der Waals surface area contributed by atoms with Crippen LogP contribution in [0.3, 0.4) is 0 Å². The maximum absolute atomic E-state index is 14.1. The van der Waals surface area contributed by atoms with E-state index < -0.39 is 21.7 Å². The fraction of sp³-hybridized carbons (Fsp3) is 0.200. The van der Waals surface area contributed by atoms with Crippen LogP contribution in [0.4, 0.5) is 14.5 Å². The molecule has 0 unspecified atom stereocenters. The lowest BCUT2D eigenvalue weighted by atomic mass is 10.3. The highest BCUT2D eigenvalue weighted by atomic mass is 32.2. The molecule has 0 aliphatic heterocycles. The molecule has 1 aromatic heterocycles. The molecule has 0 spiro atoms. The topological polar surface area (TPSA) is 90.4 Å². The fourth-order valence-corrected chi connectivity index (χ4v) is 3.81. The second-order valence-corrected chi connectivity index (χ2v) is 7.90. The number of nitrogens with one attached hydrogen (secondary N) is 1. The molecule has 7 nitrogen and oxygen atoms in total. The average molecular weight is 435 g/mol. The maximum Gasteiger partial charge on any atom is 0.322 e. The minimum absolute atomic E-state index is 0.0400. The van der Waals surface area contributed by atoms with E-state index in [2.05, 4.69) is 14.7 Å². The molecule has 10 heteroatoms. The molecular formula is C20H19F2N3O4S. The largest absolute Gasteiger partial charge is 0.491 e. The molecule has 0 fully saturated rings. The molecule has 0 atom stereocenters. The third-order valence-electron chi connectivity index (χ3n) is 4.04. The number of benzene rings is 2. The first kappa shape index (κ1) is 21.4. The Hall–Kier alpha value is -3.27. The quantitative estimate of drug-likeness (QED) is 0.593. The standard InChI is InChI=1S/C20H19F2N3O4S/c1-4-28-17-10-9-14(11-16(17)22)30(26,27)25-19-12(2)23-20(24-13(19)3)29-18-8-6-5-7-15(18)21/h5-11,25H,4H2,1-3H3. The fourth-order valence-electron chi connectivity index (χ4n) is 2.62. The van der Waals surface area contributed by atoms with Crippen molar-refractivity contribution < 1.29 is 26.7 Å². The number of rotatable bonds is 7. The third kappa shape index (κ3) is 4.65. The van der Waals surface area contributed by atoms with Crippen LogP contribution in [-0.2, 0) is 10.0 Å². The Balaban J connectivity index is 1.87. The van der Waals surface area contributed by atoms with Crippen molar-refractivity contribution in [2.45, 2.75) is 25.7 Å². The normalized spacial score (nSPS) is 11.2. The molecular weight excluding hydrogens is 416 g/mol. The summed E-state index contributed by atoms with van der Waals surface area (Å²) < 4.78 is 66.0. The van der Waals surface area contributed by atoms with Crippen LogP contribution in [0.15, 0.2) is 47.4 Å². The van der Waals surface area contributed by atoms with Gasteiger partial charge in [0.1, 0.15) is 0 Å². The van der Waals surface area contributed by atoms with Crippen molar-refractivity contribution in [1.29, 1.82) is 0 Å². The number of aryl methyl sites for hydroxylation is 2. The second-order valence-electron chi connectivity index (χ2n) is 6.22. The van der Waals surface area contributed by atoms with Gasteiger partial charge in [-0.25, -0.2) is 17.2 Å². The smallest absolute Gasteiger partial charge is 0.322 e. The summed E-state index contributed by atoms with van der Waals surface area (Å²) in [6, 6.07) is 8.97. The zero-order valence-corrected chi connectivity index (χ0v) is 17.3. The Kier molecular flexibility index (Phi) is 6.16. The summed E-state index contributed by atoms with van der Waals surface area (Å²) in [7, 11) is -4.12. The molecule has 0 bridgehead atoms. The molecule has 3 rings (SSSR count). The van der Waals surface area contributed by atoms with Crippen molar-refractivity contribution in [2.75, 3.05) is 11.3 Å². The lowest BCUT2D eigenvalue weighted by Crippen LogP contribution is -2.16. The van der Waals surface area contributed by atoms with Gasteiger partial charge in [-0.1, -0.05) is 12.1 Å². The van der Waals surface area contributed by atoms with E-state index in [9.17, 15) is 17.2 Å². The first-order valence-electron chi connectivity index (χ1n) is 8.94. The number of halogens is 2. The third-order valence-corrected chi connectivity index (χ3v) is 5.39. The van der Waals surface area contributed by atoms with Crippen LogP contribution in [-0.4, -0.2) is 25.0 Å². The minimum atomic E-state index is -4.12. The minimum Gasteiger partial charge on any atom is -0.491 e. The van der Waals surface area contributed by atoms with E-state index >= 15 is 0 Å². The van der Waals surface area contributed by atoms with Crippen LogP contribution in [0.2, 0.25) is 0 Å². The molecule has 1 N–H and O–H groups in total. The molecule has 2 aromatic carbocycles. The Morgan fingerprint density at radius 2 is 1.63 bits per heavy atom. The highest BCUT2D eigenvalue weighted by Gasteiger charge is 2.21. The van der Waals surface area contributed by atoms with Gasteiger partial charge in [0.25, 0.3) is 10.0 Å². The lowest BCUT2D eigenvalue weighted by Gasteiger charge is -2.14.